The number of carbonyl (C=O) groups is 1. The van der Waals surface area contributed by atoms with E-state index >= 15 is 0 Å². The number of nitrogens with zero attached hydrogens (tertiary/aromatic N) is 2. The summed E-state index contributed by atoms with van der Waals surface area (Å²) in [6.45, 7) is 2.13. The zero-order valence-corrected chi connectivity index (χ0v) is 13.5. The summed E-state index contributed by atoms with van der Waals surface area (Å²) in [6.07, 6.45) is 4.52. The molecule has 2 heterocycles. The molecule has 3 rings (SSSR count). The van der Waals surface area contributed by atoms with E-state index in [0.717, 1.165) is 25.9 Å². The van der Waals surface area contributed by atoms with Gasteiger partial charge in [0.15, 0.2) is 0 Å². The molecule has 1 amide bonds. The van der Waals surface area contributed by atoms with Crippen LogP contribution in [0.2, 0.25) is 0 Å². The van der Waals surface area contributed by atoms with Crippen molar-refractivity contribution in [3.63, 3.8) is 0 Å². The normalized spacial score (nSPS) is 28.2. The Morgan fingerprint density at radius 1 is 1.48 bits per heavy atom. The van der Waals surface area contributed by atoms with E-state index in [0.29, 0.717) is 24.5 Å². The van der Waals surface area contributed by atoms with Gasteiger partial charge in [-0.15, -0.1) is 0 Å². The third-order valence-electron chi connectivity index (χ3n) is 4.88. The number of aliphatic hydroxyl groups is 1. The summed E-state index contributed by atoms with van der Waals surface area (Å²) >= 11 is 0. The van der Waals surface area contributed by atoms with Gasteiger partial charge in [0.2, 0.25) is 5.91 Å². The van der Waals surface area contributed by atoms with Crippen molar-refractivity contribution >= 4 is 5.91 Å². The number of likely N-dealkylation sites (tertiary alicyclic amines) is 1. The van der Waals surface area contributed by atoms with Crippen molar-refractivity contribution in [2.75, 3.05) is 20.2 Å². The smallest absolute Gasteiger partial charge is 0.254 e. The van der Waals surface area contributed by atoms with Crippen LogP contribution in [0.25, 0.3) is 0 Å². The summed E-state index contributed by atoms with van der Waals surface area (Å²) in [5.41, 5.74) is 0. The van der Waals surface area contributed by atoms with Crippen LogP contribution in [0.4, 0.5) is 0 Å². The average molecular weight is 323 g/mol. The number of amides is 1. The van der Waals surface area contributed by atoms with Gasteiger partial charge in [-0.25, -0.2) is 0 Å². The highest BCUT2D eigenvalue weighted by Crippen LogP contribution is 2.27. The fourth-order valence-electron chi connectivity index (χ4n) is 3.61. The predicted molar refractivity (Wildman–Crippen MR) is 83.1 cm³/mol. The van der Waals surface area contributed by atoms with E-state index in [1.165, 1.54) is 20.0 Å². The fourth-order valence-corrected chi connectivity index (χ4v) is 3.61. The van der Waals surface area contributed by atoms with Gasteiger partial charge in [-0.3, -0.25) is 9.69 Å². The highest BCUT2D eigenvalue weighted by molar-refractivity contribution is 5.76. The molecule has 2 N–H and O–H groups in total. The van der Waals surface area contributed by atoms with E-state index in [4.69, 9.17) is 9.26 Å². The number of aryl methyl sites for hydroxylation is 1. The lowest BCUT2D eigenvalue weighted by molar-refractivity contribution is -0.122. The summed E-state index contributed by atoms with van der Waals surface area (Å²) in [5.74, 6) is 0.977. The molecule has 1 aromatic heterocycles. The van der Waals surface area contributed by atoms with Crippen LogP contribution in [0.1, 0.15) is 37.9 Å². The van der Waals surface area contributed by atoms with Crippen molar-refractivity contribution in [1.29, 1.82) is 0 Å². The van der Waals surface area contributed by atoms with Crippen LogP contribution in [-0.4, -0.2) is 59.5 Å². The minimum atomic E-state index is -0.470. The Balaban J connectivity index is 1.44. The van der Waals surface area contributed by atoms with E-state index in [1.54, 1.807) is 6.07 Å². The SMILES string of the molecule is COc1cc(CCC(=O)N[C@@H]2CC[C@@H](N3CCCC3)[C@@H]2O)on1. The van der Waals surface area contributed by atoms with Gasteiger partial charge in [0, 0.05) is 24.9 Å². The second-order valence-corrected chi connectivity index (χ2v) is 6.39. The summed E-state index contributed by atoms with van der Waals surface area (Å²) in [6, 6.07) is 1.74. The molecule has 1 aliphatic heterocycles. The van der Waals surface area contributed by atoms with Crippen molar-refractivity contribution < 1.29 is 19.2 Å². The average Bonchev–Trinajstić information content (AvgIpc) is 3.27. The van der Waals surface area contributed by atoms with Gasteiger partial charge < -0.3 is 19.7 Å². The maximum atomic E-state index is 12.1. The fraction of sp³-hybridized carbons (Fsp3) is 0.750. The van der Waals surface area contributed by atoms with Crippen LogP contribution in [0, 0.1) is 0 Å². The molecule has 0 aromatic carbocycles. The number of nitrogens with one attached hydrogen (secondary N) is 1. The van der Waals surface area contributed by atoms with Crippen LogP contribution < -0.4 is 10.1 Å². The Morgan fingerprint density at radius 3 is 2.96 bits per heavy atom. The quantitative estimate of drug-likeness (QED) is 0.802. The zero-order valence-electron chi connectivity index (χ0n) is 13.5. The van der Waals surface area contributed by atoms with Crippen LogP contribution in [0.3, 0.4) is 0 Å². The second kappa shape index (κ2) is 7.31. The van der Waals surface area contributed by atoms with E-state index in [-0.39, 0.29) is 18.0 Å². The molecule has 7 heteroatoms. The van der Waals surface area contributed by atoms with Gasteiger partial charge in [-0.05, 0) is 43.9 Å². The summed E-state index contributed by atoms with van der Waals surface area (Å²) in [4.78, 5) is 14.5. The maximum Gasteiger partial charge on any atom is 0.254 e. The van der Waals surface area contributed by atoms with E-state index in [2.05, 4.69) is 15.4 Å². The lowest BCUT2D eigenvalue weighted by Gasteiger charge is -2.28. The Kier molecular flexibility index (Phi) is 5.17. The molecule has 0 radical (unpaired) electrons. The lowest BCUT2D eigenvalue weighted by Crippen LogP contribution is -2.47. The zero-order chi connectivity index (χ0) is 16.2. The molecule has 2 aliphatic rings. The monoisotopic (exact) mass is 323 g/mol. The first-order valence-corrected chi connectivity index (χ1v) is 8.38. The van der Waals surface area contributed by atoms with E-state index in [9.17, 15) is 9.90 Å². The summed E-state index contributed by atoms with van der Waals surface area (Å²) < 4.78 is 10.0. The van der Waals surface area contributed by atoms with Crippen molar-refractivity contribution in [3.05, 3.63) is 11.8 Å². The number of hydrogen-bond donors (Lipinski definition) is 2. The Labute approximate surface area is 136 Å². The molecular formula is C16H25N3O4. The molecule has 1 saturated carbocycles. The minimum Gasteiger partial charge on any atom is -0.479 e. The number of methoxy groups -OCH3 is 1. The van der Waals surface area contributed by atoms with E-state index < -0.39 is 6.10 Å². The standard InChI is InChI=1S/C16H25N3O4/c1-22-15-10-11(23-18-15)4-7-14(20)17-12-5-6-13(16(12)21)19-8-2-3-9-19/h10,12-13,16,21H,2-9H2,1H3,(H,17,20)/t12-,13-,16-/m1/s1. The largest absolute Gasteiger partial charge is 0.479 e. The van der Waals surface area contributed by atoms with Gasteiger partial charge >= 0.3 is 0 Å². The second-order valence-electron chi connectivity index (χ2n) is 6.39. The first-order chi connectivity index (χ1) is 11.2. The Morgan fingerprint density at radius 2 is 2.26 bits per heavy atom. The predicted octanol–water partition coefficient (Wildman–Crippen LogP) is 0.720. The molecule has 1 aromatic rings. The molecule has 0 unspecified atom stereocenters. The molecular weight excluding hydrogens is 298 g/mol. The van der Waals surface area contributed by atoms with Gasteiger partial charge in [-0.1, -0.05) is 0 Å². The molecule has 1 aliphatic carbocycles. The summed E-state index contributed by atoms with van der Waals surface area (Å²) in [5, 5.41) is 17.1. The molecule has 0 bridgehead atoms. The molecule has 7 nitrogen and oxygen atoms in total. The number of aromatic nitrogens is 1. The van der Waals surface area contributed by atoms with Crippen LogP contribution >= 0.6 is 0 Å². The molecule has 0 spiro atoms. The third kappa shape index (κ3) is 3.84. The van der Waals surface area contributed by atoms with Crippen molar-refractivity contribution in [2.24, 2.45) is 0 Å². The number of ether oxygens (including phenoxy) is 1. The van der Waals surface area contributed by atoms with Gasteiger partial charge in [0.25, 0.3) is 5.88 Å². The Bertz CT molecular complexity index is 527. The van der Waals surface area contributed by atoms with Gasteiger partial charge in [0.1, 0.15) is 5.76 Å². The number of carbonyl (C=O) groups excluding carboxylic acids is 1. The minimum absolute atomic E-state index is 0.0634. The summed E-state index contributed by atoms with van der Waals surface area (Å²) in [7, 11) is 1.52. The highest BCUT2D eigenvalue weighted by atomic mass is 16.5. The molecule has 2 fully saturated rings. The van der Waals surface area contributed by atoms with Crippen LogP contribution in [0.15, 0.2) is 10.6 Å². The molecule has 1 saturated heterocycles. The van der Waals surface area contributed by atoms with Gasteiger partial charge in [0.05, 0.1) is 19.3 Å². The first-order valence-electron chi connectivity index (χ1n) is 8.38. The van der Waals surface area contributed by atoms with Crippen LogP contribution in [0.5, 0.6) is 5.88 Å². The topological polar surface area (TPSA) is 87.8 Å². The van der Waals surface area contributed by atoms with Crippen molar-refractivity contribution in [2.45, 2.75) is 56.7 Å². The van der Waals surface area contributed by atoms with Crippen LogP contribution in [-0.2, 0) is 11.2 Å². The Hall–Kier alpha value is -1.60. The van der Waals surface area contributed by atoms with Crippen molar-refractivity contribution in [1.82, 2.24) is 15.4 Å². The molecule has 3 atom stereocenters. The first kappa shape index (κ1) is 16.3. The third-order valence-corrected chi connectivity index (χ3v) is 4.88. The molecule has 23 heavy (non-hydrogen) atoms. The van der Waals surface area contributed by atoms with Gasteiger partial charge in [-0.2, -0.15) is 0 Å². The van der Waals surface area contributed by atoms with E-state index in [1.807, 2.05) is 0 Å². The highest BCUT2D eigenvalue weighted by Gasteiger charge is 2.39. The number of aliphatic hydroxyl groups excluding tert-OH is 1. The lowest BCUT2D eigenvalue weighted by atomic mass is 10.1. The molecule has 128 valence electrons. The maximum absolute atomic E-state index is 12.1. The number of hydrogen-bond acceptors (Lipinski definition) is 6. The number of rotatable bonds is 6. The van der Waals surface area contributed by atoms with Crippen molar-refractivity contribution in [3.8, 4) is 5.88 Å².